The lowest BCUT2D eigenvalue weighted by molar-refractivity contribution is 0.0571. The van der Waals surface area contributed by atoms with Gasteiger partial charge in [-0.05, 0) is 61.7 Å². The molecule has 1 aliphatic heterocycles. The summed E-state index contributed by atoms with van der Waals surface area (Å²) in [5.74, 6) is -0.450. The van der Waals surface area contributed by atoms with E-state index >= 15 is 0 Å². The van der Waals surface area contributed by atoms with E-state index in [1.165, 1.54) is 12.1 Å². The highest BCUT2D eigenvalue weighted by atomic mass is 35.5. The molecular formula is C21H20Cl2FN3O. The Kier molecular flexibility index (Phi) is 5.48. The maximum atomic E-state index is 14.5. The van der Waals surface area contributed by atoms with Gasteiger partial charge in [-0.3, -0.25) is 4.90 Å². The number of hydrogen-bond acceptors (Lipinski definition) is 4. The number of hydrogen-bond donors (Lipinski definition) is 1. The molecule has 1 aliphatic carbocycles. The Morgan fingerprint density at radius 2 is 2.07 bits per heavy atom. The Balaban J connectivity index is 1.71. The van der Waals surface area contributed by atoms with Crippen molar-refractivity contribution in [1.82, 2.24) is 4.90 Å². The van der Waals surface area contributed by atoms with Gasteiger partial charge in [0, 0.05) is 28.2 Å². The fourth-order valence-corrected chi connectivity index (χ4v) is 4.81. The smallest absolute Gasteiger partial charge is 0.166 e. The van der Waals surface area contributed by atoms with Gasteiger partial charge < -0.3 is 10.5 Å². The molecule has 2 aromatic rings. The van der Waals surface area contributed by atoms with Crippen molar-refractivity contribution >= 4 is 23.2 Å². The summed E-state index contributed by atoms with van der Waals surface area (Å²) in [4.78, 5) is 2.31. The molecule has 28 heavy (non-hydrogen) atoms. The molecule has 2 N–H and O–H groups in total. The van der Waals surface area contributed by atoms with Crippen molar-refractivity contribution in [2.75, 3.05) is 13.1 Å². The van der Waals surface area contributed by atoms with Gasteiger partial charge in [0.15, 0.2) is 11.6 Å². The molecule has 0 unspecified atom stereocenters. The summed E-state index contributed by atoms with van der Waals surface area (Å²) in [7, 11) is 0. The largest absolute Gasteiger partial charge is 0.481 e. The number of benzene rings is 2. The minimum absolute atomic E-state index is 0.00707. The minimum atomic E-state index is -0.560. The van der Waals surface area contributed by atoms with Crippen molar-refractivity contribution in [1.29, 1.82) is 5.26 Å². The van der Waals surface area contributed by atoms with E-state index in [-0.39, 0.29) is 23.4 Å². The van der Waals surface area contributed by atoms with E-state index in [1.807, 2.05) is 12.1 Å². The van der Waals surface area contributed by atoms with Gasteiger partial charge in [-0.25, -0.2) is 4.39 Å². The number of halogens is 3. The Labute approximate surface area is 173 Å². The molecule has 2 aromatic carbocycles. The maximum absolute atomic E-state index is 14.5. The second-order valence-electron chi connectivity index (χ2n) is 7.42. The number of piperidine rings is 1. The van der Waals surface area contributed by atoms with Crippen LogP contribution < -0.4 is 10.5 Å². The molecule has 7 heteroatoms. The highest BCUT2D eigenvalue weighted by Crippen LogP contribution is 2.43. The third kappa shape index (κ3) is 3.70. The topological polar surface area (TPSA) is 62.3 Å². The normalized spacial score (nSPS) is 24.6. The van der Waals surface area contributed by atoms with Crippen molar-refractivity contribution in [3.8, 4) is 11.8 Å². The lowest BCUT2D eigenvalue weighted by Crippen LogP contribution is -2.49. The van der Waals surface area contributed by atoms with Crippen molar-refractivity contribution in [2.24, 2.45) is 5.73 Å². The van der Waals surface area contributed by atoms with Crippen LogP contribution in [-0.2, 0) is 6.42 Å². The van der Waals surface area contributed by atoms with Gasteiger partial charge in [0.2, 0.25) is 0 Å². The molecule has 146 valence electrons. The third-order valence-electron chi connectivity index (χ3n) is 5.54. The van der Waals surface area contributed by atoms with Crippen LogP contribution in [0.25, 0.3) is 0 Å². The van der Waals surface area contributed by atoms with E-state index in [0.29, 0.717) is 16.5 Å². The zero-order valence-corrected chi connectivity index (χ0v) is 16.7. The first-order chi connectivity index (χ1) is 13.5. The lowest BCUT2D eigenvalue weighted by Gasteiger charge is -2.38. The summed E-state index contributed by atoms with van der Waals surface area (Å²) in [6.07, 6.45) is 2.29. The first-order valence-corrected chi connectivity index (χ1v) is 10.1. The molecule has 0 bridgehead atoms. The number of nitriles is 1. The monoisotopic (exact) mass is 419 g/mol. The average molecular weight is 420 g/mol. The summed E-state index contributed by atoms with van der Waals surface area (Å²) in [5.41, 5.74) is 8.30. The van der Waals surface area contributed by atoms with Crippen LogP contribution in [0.15, 0.2) is 30.3 Å². The number of nitrogens with two attached hydrogens (primary N) is 1. The van der Waals surface area contributed by atoms with Crippen LogP contribution in [0.1, 0.15) is 35.6 Å². The molecule has 0 amide bonds. The average Bonchev–Trinajstić information content (AvgIpc) is 3.02. The van der Waals surface area contributed by atoms with E-state index in [4.69, 9.17) is 38.9 Å². The van der Waals surface area contributed by atoms with Crippen molar-refractivity contribution in [3.63, 3.8) is 0 Å². The van der Waals surface area contributed by atoms with Crippen molar-refractivity contribution in [2.45, 2.75) is 37.5 Å². The molecule has 4 nitrogen and oxygen atoms in total. The zero-order chi connectivity index (χ0) is 19.8. The lowest BCUT2D eigenvalue weighted by atomic mass is 10.0. The van der Waals surface area contributed by atoms with Crippen LogP contribution in [0, 0.1) is 17.1 Å². The van der Waals surface area contributed by atoms with E-state index in [9.17, 15) is 4.39 Å². The van der Waals surface area contributed by atoms with Crippen LogP contribution in [0.2, 0.25) is 10.0 Å². The first kappa shape index (κ1) is 19.5. The zero-order valence-electron chi connectivity index (χ0n) is 15.2. The van der Waals surface area contributed by atoms with Crippen LogP contribution >= 0.6 is 23.2 Å². The number of rotatable bonds is 3. The Hall–Kier alpha value is -1.84. The van der Waals surface area contributed by atoms with Gasteiger partial charge in [-0.15, -0.1) is 0 Å². The highest BCUT2D eigenvalue weighted by molar-refractivity contribution is 6.35. The predicted octanol–water partition coefficient (Wildman–Crippen LogP) is 4.47. The summed E-state index contributed by atoms with van der Waals surface area (Å²) >= 11 is 12.7. The fourth-order valence-electron chi connectivity index (χ4n) is 4.22. The second kappa shape index (κ2) is 7.88. The summed E-state index contributed by atoms with van der Waals surface area (Å²) in [6.45, 7) is 1.67. The van der Waals surface area contributed by atoms with Gasteiger partial charge in [0.05, 0.1) is 17.7 Å². The van der Waals surface area contributed by atoms with Crippen LogP contribution in [0.3, 0.4) is 0 Å². The molecule has 0 aromatic heterocycles. The number of nitrogens with zero attached hydrogens (tertiary/aromatic N) is 2. The summed E-state index contributed by atoms with van der Waals surface area (Å²) in [5, 5.41) is 10.1. The molecule has 2 aliphatic rings. The Morgan fingerprint density at radius 3 is 2.79 bits per heavy atom. The Bertz CT molecular complexity index is 946. The van der Waals surface area contributed by atoms with Gasteiger partial charge >= 0.3 is 0 Å². The predicted molar refractivity (Wildman–Crippen MR) is 107 cm³/mol. The van der Waals surface area contributed by atoms with Crippen LogP contribution in [0.4, 0.5) is 4.39 Å². The number of likely N-dealkylation sites (tertiary alicyclic amines) is 1. The van der Waals surface area contributed by atoms with E-state index in [0.717, 1.165) is 37.1 Å². The van der Waals surface area contributed by atoms with Gasteiger partial charge in [-0.1, -0.05) is 23.2 Å². The quantitative estimate of drug-likeness (QED) is 0.796. The highest BCUT2D eigenvalue weighted by Gasteiger charge is 2.41. The number of fused-ring (bicyclic) bond motifs is 1. The third-order valence-corrected chi connectivity index (χ3v) is 6.09. The standard InChI is InChI=1S/C21H20Cl2FN3O/c22-13-7-16-15(17(23)8-13)9-19(27-5-1-2-14(26)11-27)21(16)28-20-4-3-12(10-25)6-18(20)24/h3-4,6-8,14,19,21H,1-2,5,9,11,26H2/t14-,19+,21-/m1/s1. The fraction of sp³-hybridized carbons (Fsp3) is 0.381. The summed E-state index contributed by atoms with van der Waals surface area (Å²) in [6, 6.07) is 9.84. The van der Waals surface area contributed by atoms with Gasteiger partial charge in [-0.2, -0.15) is 5.26 Å². The van der Waals surface area contributed by atoms with E-state index in [2.05, 4.69) is 4.90 Å². The molecule has 1 saturated heterocycles. The van der Waals surface area contributed by atoms with E-state index < -0.39 is 11.9 Å². The second-order valence-corrected chi connectivity index (χ2v) is 8.26. The van der Waals surface area contributed by atoms with Crippen molar-refractivity contribution < 1.29 is 9.13 Å². The molecule has 1 heterocycles. The molecule has 0 radical (unpaired) electrons. The minimum Gasteiger partial charge on any atom is -0.481 e. The van der Waals surface area contributed by atoms with Crippen LogP contribution in [-0.4, -0.2) is 30.1 Å². The molecule has 0 spiro atoms. The number of ether oxygens (including phenoxy) is 1. The molecule has 3 atom stereocenters. The molecule has 0 saturated carbocycles. The van der Waals surface area contributed by atoms with Crippen molar-refractivity contribution in [3.05, 3.63) is 62.9 Å². The molecule has 1 fully saturated rings. The summed E-state index contributed by atoms with van der Waals surface area (Å²) < 4.78 is 20.7. The maximum Gasteiger partial charge on any atom is 0.166 e. The first-order valence-electron chi connectivity index (χ1n) is 9.30. The van der Waals surface area contributed by atoms with Gasteiger partial charge in [0.1, 0.15) is 6.10 Å². The SMILES string of the molecule is N#Cc1ccc(O[C@@H]2c3cc(Cl)cc(Cl)c3C[C@@H]2N2CCC[C@@H](N)C2)c(F)c1. The van der Waals surface area contributed by atoms with Crippen LogP contribution in [0.5, 0.6) is 5.75 Å². The molecule has 4 rings (SSSR count). The Morgan fingerprint density at radius 1 is 1.25 bits per heavy atom. The van der Waals surface area contributed by atoms with Gasteiger partial charge in [0.25, 0.3) is 0 Å². The molecular weight excluding hydrogens is 400 g/mol. The van der Waals surface area contributed by atoms with E-state index in [1.54, 1.807) is 12.1 Å².